The van der Waals surface area contributed by atoms with Crippen molar-refractivity contribution in [3.05, 3.63) is 132 Å². The SMILES string of the molecule is O=C(Cc1cccc(Cl)c1)Nc1cccc(-c2c[nH]c3nc(Nc4cccc(OCc5ccccc5)c4)ncc23)c1.O=C(O)C(F)(F)F. The number of fused-ring (bicyclic) bond motifs is 1. The largest absolute Gasteiger partial charge is 0.490 e. The standard InChI is InChI=1S/C33H26ClN5O2.C2HF3O2/c34-25-11-4-9-23(15-25)16-31(40)37-26-12-5-10-24(17-26)29-19-35-32-30(29)20-36-33(39-32)38-27-13-6-14-28(18-27)41-21-22-7-2-1-3-8-22;3-2(4,5)1(6)7/h1-15,17-20H,16,21H2,(H,37,40)(H2,35,36,38,39);(H,6,7). The number of hydrogen-bond acceptors (Lipinski definition) is 6. The molecule has 0 spiro atoms. The molecule has 6 rings (SSSR count). The molecule has 0 fully saturated rings. The number of alkyl halides is 3. The van der Waals surface area contributed by atoms with Crippen molar-refractivity contribution < 1.29 is 32.6 Å². The lowest BCUT2D eigenvalue weighted by Gasteiger charge is -2.09. The van der Waals surface area contributed by atoms with Gasteiger partial charge in [0.1, 0.15) is 18.0 Å². The van der Waals surface area contributed by atoms with E-state index in [-0.39, 0.29) is 12.3 Å². The van der Waals surface area contributed by atoms with Crippen molar-refractivity contribution in [2.75, 3.05) is 10.6 Å². The van der Waals surface area contributed by atoms with Crippen LogP contribution in [0.25, 0.3) is 22.2 Å². The van der Waals surface area contributed by atoms with Gasteiger partial charge in [0.15, 0.2) is 0 Å². The molecule has 0 aliphatic carbocycles. The number of halogens is 4. The van der Waals surface area contributed by atoms with Crippen molar-refractivity contribution in [2.24, 2.45) is 0 Å². The van der Waals surface area contributed by atoms with Gasteiger partial charge in [-0.05, 0) is 53.1 Å². The molecule has 2 heterocycles. The molecule has 4 N–H and O–H groups in total. The van der Waals surface area contributed by atoms with Gasteiger partial charge in [0.2, 0.25) is 11.9 Å². The Kier molecular flexibility index (Phi) is 10.6. The molecule has 2 aromatic heterocycles. The highest BCUT2D eigenvalue weighted by atomic mass is 35.5. The number of aliphatic carboxylic acids is 1. The summed E-state index contributed by atoms with van der Waals surface area (Å²) >= 11 is 6.05. The number of carbonyl (C=O) groups excluding carboxylic acids is 1. The first kappa shape index (κ1) is 33.5. The number of anilines is 3. The Morgan fingerprint density at radius 1 is 0.875 bits per heavy atom. The molecule has 0 bridgehead atoms. The first-order valence-corrected chi connectivity index (χ1v) is 14.7. The molecule has 4 aromatic carbocycles. The van der Waals surface area contributed by atoms with Gasteiger partial charge in [-0.15, -0.1) is 0 Å². The summed E-state index contributed by atoms with van der Waals surface area (Å²) in [5, 5.41) is 14.8. The van der Waals surface area contributed by atoms with Crippen LogP contribution in [0.4, 0.5) is 30.5 Å². The normalized spacial score (nSPS) is 10.9. The summed E-state index contributed by atoms with van der Waals surface area (Å²) in [5.74, 6) is -1.65. The fourth-order valence-corrected chi connectivity index (χ4v) is 4.75. The number of carboxylic acid groups (broad SMARTS) is 1. The molecule has 0 aliphatic rings. The van der Waals surface area contributed by atoms with E-state index >= 15 is 0 Å². The Morgan fingerprint density at radius 3 is 2.33 bits per heavy atom. The van der Waals surface area contributed by atoms with Crippen molar-refractivity contribution >= 4 is 51.8 Å². The van der Waals surface area contributed by atoms with E-state index in [0.717, 1.165) is 39.1 Å². The summed E-state index contributed by atoms with van der Waals surface area (Å²) in [5.41, 5.74) is 6.06. The Balaban J connectivity index is 0.000000582. The van der Waals surface area contributed by atoms with Crippen LogP contribution in [0.5, 0.6) is 5.75 Å². The number of benzene rings is 4. The Labute approximate surface area is 277 Å². The molecule has 0 aliphatic heterocycles. The summed E-state index contributed by atoms with van der Waals surface area (Å²) in [7, 11) is 0. The molecule has 0 saturated heterocycles. The van der Waals surface area contributed by atoms with Crippen LogP contribution in [0.1, 0.15) is 11.1 Å². The first-order chi connectivity index (χ1) is 23.0. The van der Waals surface area contributed by atoms with Gasteiger partial charge in [-0.2, -0.15) is 18.2 Å². The molecule has 244 valence electrons. The lowest BCUT2D eigenvalue weighted by molar-refractivity contribution is -0.192. The van der Waals surface area contributed by atoms with Crippen LogP contribution >= 0.6 is 11.6 Å². The number of aromatic nitrogens is 3. The van der Waals surface area contributed by atoms with Crippen molar-refractivity contribution in [2.45, 2.75) is 19.2 Å². The fourth-order valence-electron chi connectivity index (χ4n) is 4.54. The van der Waals surface area contributed by atoms with E-state index in [4.69, 9.17) is 26.2 Å². The maximum atomic E-state index is 12.6. The Bertz CT molecular complexity index is 2040. The zero-order chi connectivity index (χ0) is 34.1. The van der Waals surface area contributed by atoms with E-state index in [2.05, 4.69) is 25.6 Å². The summed E-state index contributed by atoms with van der Waals surface area (Å²) in [6.45, 7) is 0.491. The van der Waals surface area contributed by atoms with E-state index in [0.29, 0.717) is 28.9 Å². The number of H-pyrrole nitrogens is 1. The average molecular weight is 674 g/mol. The van der Waals surface area contributed by atoms with Gasteiger partial charge in [0.25, 0.3) is 0 Å². The molecule has 9 nitrogen and oxygen atoms in total. The van der Waals surface area contributed by atoms with E-state index < -0.39 is 12.1 Å². The van der Waals surface area contributed by atoms with Crippen LogP contribution in [-0.2, 0) is 22.6 Å². The predicted molar refractivity (Wildman–Crippen MR) is 177 cm³/mol. The zero-order valence-corrected chi connectivity index (χ0v) is 25.7. The number of aromatic amines is 1. The third-order valence-electron chi connectivity index (χ3n) is 6.72. The molecule has 0 saturated carbocycles. The van der Waals surface area contributed by atoms with E-state index in [1.165, 1.54) is 0 Å². The lowest BCUT2D eigenvalue weighted by Crippen LogP contribution is -2.21. The maximum Gasteiger partial charge on any atom is 0.490 e. The third-order valence-corrected chi connectivity index (χ3v) is 6.96. The quantitative estimate of drug-likeness (QED) is 0.121. The molecular weight excluding hydrogens is 647 g/mol. The molecule has 0 atom stereocenters. The third kappa shape index (κ3) is 9.33. The van der Waals surface area contributed by atoms with Gasteiger partial charge in [-0.1, -0.05) is 72.3 Å². The molecule has 0 unspecified atom stereocenters. The minimum Gasteiger partial charge on any atom is -0.489 e. The van der Waals surface area contributed by atoms with Gasteiger partial charge < -0.3 is 25.5 Å². The zero-order valence-electron chi connectivity index (χ0n) is 25.0. The van der Waals surface area contributed by atoms with E-state index in [1.54, 1.807) is 18.3 Å². The van der Waals surface area contributed by atoms with Gasteiger partial charge in [0, 0.05) is 45.8 Å². The number of nitrogens with one attached hydrogen (secondary N) is 3. The van der Waals surface area contributed by atoms with E-state index in [1.807, 2.05) is 97.2 Å². The van der Waals surface area contributed by atoms with Crippen LogP contribution in [0.15, 0.2) is 116 Å². The van der Waals surface area contributed by atoms with Gasteiger partial charge in [-0.25, -0.2) is 9.78 Å². The number of nitrogens with zero attached hydrogens (tertiary/aromatic N) is 2. The second kappa shape index (κ2) is 15.1. The number of amides is 1. The number of carbonyl (C=O) groups is 2. The van der Waals surface area contributed by atoms with Crippen LogP contribution < -0.4 is 15.4 Å². The number of ether oxygens (including phenoxy) is 1. The Morgan fingerprint density at radius 2 is 1.58 bits per heavy atom. The van der Waals surface area contributed by atoms with Crippen molar-refractivity contribution in [1.29, 1.82) is 0 Å². The first-order valence-electron chi connectivity index (χ1n) is 14.4. The summed E-state index contributed by atoms with van der Waals surface area (Å²) in [6, 6.07) is 32.7. The molecule has 6 aromatic rings. The lowest BCUT2D eigenvalue weighted by atomic mass is 10.1. The average Bonchev–Trinajstić information content (AvgIpc) is 3.48. The van der Waals surface area contributed by atoms with Crippen molar-refractivity contribution in [3.63, 3.8) is 0 Å². The minimum absolute atomic E-state index is 0.114. The summed E-state index contributed by atoms with van der Waals surface area (Å²) < 4.78 is 37.7. The van der Waals surface area contributed by atoms with Gasteiger partial charge in [0.05, 0.1) is 6.42 Å². The van der Waals surface area contributed by atoms with E-state index in [9.17, 15) is 18.0 Å². The highest BCUT2D eigenvalue weighted by Crippen LogP contribution is 2.30. The topological polar surface area (TPSA) is 129 Å². The smallest absolute Gasteiger partial charge is 0.489 e. The second-order valence-electron chi connectivity index (χ2n) is 10.3. The van der Waals surface area contributed by atoms with Crippen LogP contribution in [0.2, 0.25) is 5.02 Å². The van der Waals surface area contributed by atoms with Crippen molar-refractivity contribution in [1.82, 2.24) is 15.0 Å². The highest BCUT2D eigenvalue weighted by molar-refractivity contribution is 6.30. The molecule has 13 heteroatoms. The van der Waals surface area contributed by atoms with Crippen LogP contribution in [0, 0.1) is 0 Å². The van der Waals surface area contributed by atoms with Gasteiger partial charge in [-0.3, -0.25) is 4.79 Å². The summed E-state index contributed by atoms with van der Waals surface area (Å²) in [4.78, 5) is 34.0. The molecule has 1 amide bonds. The predicted octanol–water partition coefficient (Wildman–Crippen LogP) is 8.42. The van der Waals surface area contributed by atoms with Crippen LogP contribution in [0.3, 0.4) is 0 Å². The molecular formula is C35H27ClF3N5O4. The Hall–Kier alpha value is -5.88. The maximum absolute atomic E-state index is 12.6. The number of rotatable bonds is 9. The highest BCUT2D eigenvalue weighted by Gasteiger charge is 2.38. The number of carboxylic acids is 1. The summed E-state index contributed by atoms with van der Waals surface area (Å²) in [6.07, 6.45) is -1.16. The monoisotopic (exact) mass is 673 g/mol. The van der Waals surface area contributed by atoms with Crippen LogP contribution in [-0.4, -0.2) is 38.1 Å². The minimum atomic E-state index is -5.08. The number of hydrogen-bond donors (Lipinski definition) is 4. The van der Waals surface area contributed by atoms with Crippen molar-refractivity contribution in [3.8, 4) is 16.9 Å². The second-order valence-corrected chi connectivity index (χ2v) is 10.8. The fraction of sp³-hybridized carbons (Fsp3) is 0.0857. The van der Waals surface area contributed by atoms with Gasteiger partial charge >= 0.3 is 12.1 Å². The molecule has 48 heavy (non-hydrogen) atoms. The molecule has 0 radical (unpaired) electrons.